The Morgan fingerprint density at radius 1 is 1.09 bits per heavy atom. The molecular weight excluding hydrogens is 297 g/mol. The van der Waals surface area contributed by atoms with Gasteiger partial charge in [0.05, 0.1) is 0 Å². The van der Waals surface area contributed by atoms with Gasteiger partial charge in [-0.25, -0.2) is 0 Å². The van der Waals surface area contributed by atoms with E-state index in [1.165, 1.54) is 24.3 Å². The monoisotopic (exact) mass is 310 g/mol. The van der Waals surface area contributed by atoms with Gasteiger partial charge in [-0.2, -0.15) is 13.2 Å². The molecule has 1 aromatic heterocycles. The Morgan fingerprint density at radius 2 is 1.73 bits per heavy atom. The van der Waals surface area contributed by atoms with Gasteiger partial charge < -0.3 is 10.1 Å². The Morgan fingerprint density at radius 3 is 2.32 bits per heavy atom. The highest BCUT2D eigenvalue weighted by Gasteiger charge is 2.28. The van der Waals surface area contributed by atoms with Crippen molar-refractivity contribution < 1.29 is 22.7 Å². The zero-order chi connectivity index (χ0) is 16.0. The first kappa shape index (κ1) is 15.8. The molecule has 0 atom stereocenters. The van der Waals surface area contributed by atoms with E-state index in [-0.39, 0.29) is 11.7 Å². The Balaban J connectivity index is 1.88. The number of nitrogens with zero attached hydrogens (tertiary/aromatic N) is 1. The molecule has 2 rings (SSSR count). The zero-order valence-electron chi connectivity index (χ0n) is 11.4. The number of hydrogen-bond acceptors (Lipinski definition) is 3. The van der Waals surface area contributed by atoms with Crippen LogP contribution in [0.15, 0.2) is 48.8 Å². The van der Waals surface area contributed by atoms with Gasteiger partial charge in [0.2, 0.25) is 0 Å². The molecule has 0 saturated carbocycles. The number of rotatable bonds is 5. The predicted molar refractivity (Wildman–Crippen MR) is 73.4 cm³/mol. The summed E-state index contributed by atoms with van der Waals surface area (Å²) in [5, 5.41) is 2.70. The van der Waals surface area contributed by atoms with Crippen LogP contribution in [0.2, 0.25) is 0 Å². The third kappa shape index (κ3) is 5.08. The van der Waals surface area contributed by atoms with Gasteiger partial charge in [0.15, 0.2) is 6.61 Å². The van der Waals surface area contributed by atoms with E-state index in [0.29, 0.717) is 12.1 Å². The third-order valence-corrected chi connectivity index (χ3v) is 2.72. The van der Waals surface area contributed by atoms with Crippen molar-refractivity contribution in [2.75, 3.05) is 6.61 Å². The first-order valence-corrected chi connectivity index (χ1v) is 6.41. The predicted octanol–water partition coefficient (Wildman–Crippen LogP) is 2.95. The number of benzene rings is 1. The van der Waals surface area contributed by atoms with Gasteiger partial charge in [0.1, 0.15) is 5.75 Å². The molecule has 0 aliphatic carbocycles. The van der Waals surface area contributed by atoms with Crippen LogP contribution in [0.1, 0.15) is 15.9 Å². The van der Waals surface area contributed by atoms with Crippen molar-refractivity contribution in [3.63, 3.8) is 0 Å². The van der Waals surface area contributed by atoms with Gasteiger partial charge in [0.25, 0.3) is 5.91 Å². The van der Waals surface area contributed by atoms with Crippen molar-refractivity contribution in [1.29, 1.82) is 0 Å². The number of pyridine rings is 1. The maximum absolute atomic E-state index is 12.0. The molecule has 0 spiro atoms. The van der Waals surface area contributed by atoms with E-state index in [4.69, 9.17) is 0 Å². The lowest BCUT2D eigenvalue weighted by molar-refractivity contribution is -0.153. The summed E-state index contributed by atoms with van der Waals surface area (Å²) in [5.74, 6) is -0.262. The van der Waals surface area contributed by atoms with Crippen molar-refractivity contribution in [1.82, 2.24) is 10.3 Å². The molecule has 22 heavy (non-hydrogen) atoms. The van der Waals surface area contributed by atoms with Crippen LogP contribution in [-0.4, -0.2) is 23.7 Å². The van der Waals surface area contributed by atoms with Crippen LogP contribution in [0, 0.1) is 0 Å². The number of ether oxygens (including phenoxy) is 1. The maximum atomic E-state index is 12.0. The molecule has 2 aromatic rings. The second kappa shape index (κ2) is 6.93. The Labute approximate surface area is 124 Å². The van der Waals surface area contributed by atoms with Crippen molar-refractivity contribution in [3.8, 4) is 5.75 Å². The fraction of sp³-hybridized carbons (Fsp3) is 0.200. The number of nitrogens with one attached hydrogen (secondary N) is 1. The molecule has 7 heteroatoms. The van der Waals surface area contributed by atoms with Gasteiger partial charge in [-0.1, -0.05) is 0 Å². The standard InChI is InChI=1S/C15H13F3N2O2/c16-15(17,18)10-22-13-3-1-12(2-4-13)14(21)20-9-11-5-7-19-8-6-11/h1-8H,9-10H2,(H,20,21). The summed E-state index contributed by atoms with van der Waals surface area (Å²) in [4.78, 5) is 15.8. The molecule has 0 saturated heterocycles. The minimum Gasteiger partial charge on any atom is -0.484 e. The zero-order valence-corrected chi connectivity index (χ0v) is 11.4. The molecule has 1 N–H and O–H groups in total. The van der Waals surface area contributed by atoms with E-state index >= 15 is 0 Å². The largest absolute Gasteiger partial charge is 0.484 e. The van der Waals surface area contributed by atoms with Gasteiger partial charge in [0, 0.05) is 24.5 Å². The van der Waals surface area contributed by atoms with Crippen LogP contribution in [0.5, 0.6) is 5.75 Å². The number of carbonyl (C=O) groups is 1. The van der Waals surface area contributed by atoms with Gasteiger partial charge in [-0.05, 0) is 42.0 Å². The fourth-order valence-electron chi connectivity index (χ4n) is 1.65. The van der Waals surface area contributed by atoms with Crippen LogP contribution in [0.3, 0.4) is 0 Å². The summed E-state index contributed by atoms with van der Waals surface area (Å²) >= 11 is 0. The molecule has 0 aliphatic rings. The lowest BCUT2D eigenvalue weighted by Crippen LogP contribution is -2.22. The summed E-state index contributed by atoms with van der Waals surface area (Å²) in [6.07, 6.45) is -1.15. The molecule has 1 amide bonds. The number of amides is 1. The lowest BCUT2D eigenvalue weighted by atomic mass is 10.2. The summed E-state index contributed by atoms with van der Waals surface area (Å²) in [6, 6.07) is 9.02. The SMILES string of the molecule is O=C(NCc1ccncc1)c1ccc(OCC(F)(F)F)cc1. The molecule has 0 aliphatic heterocycles. The molecule has 0 unspecified atom stereocenters. The molecule has 0 bridgehead atoms. The Bertz CT molecular complexity index is 613. The first-order chi connectivity index (χ1) is 10.4. The number of halogens is 3. The highest BCUT2D eigenvalue weighted by molar-refractivity contribution is 5.94. The Kier molecular flexibility index (Phi) is 4.98. The highest BCUT2D eigenvalue weighted by Crippen LogP contribution is 2.18. The second-order valence-corrected chi connectivity index (χ2v) is 4.47. The average molecular weight is 310 g/mol. The van der Waals surface area contributed by atoms with Crippen molar-refractivity contribution in [2.24, 2.45) is 0 Å². The van der Waals surface area contributed by atoms with Crippen molar-refractivity contribution in [3.05, 3.63) is 59.9 Å². The van der Waals surface area contributed by atoms with Gasteiger partial charge in [-0.3, -0.25) is 9.78 Å². The second-order valence-electron chi connectivity index (χ2n) is 4.47. The average Bonchev–Trinajstić information content (AvgIpc) is 2.51. The van der Waals surface area contributed by atoms with E-state index in [0.717, 1.165) is 5.56 Å². The smallest absolute Gasteiger partial charge is 0.422 e. The topological polar surface area (TPSA) is 51.2 Å². The van der Waals surface area contributed by atoms with Crippen LogP contribution < -0.4 is 10.1 Å². The fourth-order valence-corrected chi connectivity index (χ4v) is 1.65. The summed E-state index contributed by atoms with van der Waals surface area (Å²) in [7, 11) is 0. The highest BCUT2D eigenvalue weighted by atomic mass is 19.4. The number of hydrogen-bond donors (Lipinski definition) is 1. The Hall–Kier alpha value is -2.57. The van der Waals surface area contributed by atoms with E-state index in [9.17, 15) is 18.0 Å². The van der Waals surface area contributed by atoms with Gasteiger partial charge in [-0.15, -0.1) is 0 Å². The molecule has 4 nitrogen and oxygen atoms in total. The molecule has 0 fully saturated rings. The molecular formula is C15H13F3N2O2. The number of carbonyl (C=O) groups excluding carboxylic acids is 1. The van der Waals surface area contributed by atoms with Crippen LogP contribution in [0.4, 0.5) is 13.2 Å². The summed E-state index contributed by atoms with van der Waals surface area (Å²) < 4.78 is 40.6. The van der Waals surface area contributed by atoms with E-state index in [1.54, 1.807) is 24.5 Å². The summed E-state index contributed by atoms with van der Waals surface area (Å²) in [5.41, 5.74) is 1.24. The number of alkyl halides is 3. The summed E-state index contributed by atoms with van der Waals surface area (Å²) in [6.45, 7) is -1.02. The van der Waals surface area contributed by atoms with Crippen molar-refractivity contribution >= 4 is 5.91 Å². The molecule has 1 aromatic carbocycles. The molecule has 1 heterocycles. The normalized spacial score (nSPS) is 11.0. The van der Waals surface area contributed by atoms with Gasteiger partial charge >= 0.3 is 6.18 Å². The van der Waals surface area contributed by atoms with Crippen molar-refractivity contribution in [2.45, 2.75) is 12.7 Å². The van der Waals surface area contributed by atoms with Crippen LogP contribution >= 0.6 is 0 Å². The molecule has 116 valence electrons. The van der Waals surface area contributed by atoms with E-state index in [2.05, 4.69) is 15.0 Å². The molecule has 0 radical (unpaired) electrons. The third-order valence-electron chi connectivity index (χ3n) is 2.72. The number of aromatic nitrogens is 1. The maximum Gasteiger partial charge on any atom is 0.422 e. The van der Waals surface area contributed by atoms with E-state index < -0.39 is 12.8 Å². The van der Waals surface area contributed by atoms with Crippen LogP contribution in [-0.2, 0) is 6.54 Å². The quantitative estimate of drug-likeness (QED) is 0.924. The minimum atomic E-state index is -4.39. The first-order valence-electron chi connectivity index (χ1n) is 6.41. The lowest BCUT2D eigenvalue weighted by Gasteiger charge is -2.10. The van der Waals surface area contributed by atoms with Crippen LogP contribution in [0.25, 0.3) is 0 Å². The van der Waals surface area contributed by atoms with E-state index in [1.807, 2.05) is 0 Å². The minimum absolute atomic E-state index is 0.0583.